The van der Waals surface area contributed by atoms with E-state index >= 15 is 0 Å². The van der Waals surface area contributed by atoms with Crippen molar-refractivity contribution in [2.75, 3.05) is 0 Å². The molecule has 1 fully saturated rings. The van der Waals surface area contributed by atoms with Crippen molar-refractivity contribution in [2.24, 2.45) is 5.92 Å². The molecule has 1 aliphatic rings. The molecule has 0 spiro atoms. The molecule has 0 saturated heterocycles. The molecule has 2 rings (SSSR count). The standard InChI is InChI=1S/C15H20F2O2/c1-2-3-9-4-5-10(8-13(9)19)11-6-7-12(18)15(17)14(11)16/h6-7,9-10,13,18-19H,2-5,8H2,1H3. The lowest BCUT2D eigenvalue weighted by Gasteiger charge is -2.33. The van der Waals surface area contributed by atoms with Crippen molar-refractivity contribution in [3.05, 3.63) is 29.3 Å². The molecule has 0 bridgehead atoms. The zero-order valence-electron chi connectivity index (χ0n) is 11.1. The van der Waals surface area contributed by atoms with Crippen LogP contribution in [0.4, 0.5) is 8.78 Å². The van der Waals surface area contributed by atoms with Gasteiger partial charge in [-0.05, 0) is 49.1 Å². The number of rotatable bonds is 3. The zero-order chi connectivity index (χ0) is 14.0. The van der Waals surface area contributed by atoms with E-state index in [1.165, 1.54) is 12.1 Å². The number of aliphatic hydroxyl groups excluding tert-OH is 1. The Morgan fingerprint density at radius 1 is 1.21 bits per heavy atom. The van der Waals surface area contributed by atoms with Crippen molar-refractivity contribution in [3.63, 3.8) is 0 Å². The summed E-state index contributed by atoms with van der Waals surface area (Å²) in [5.41, 5.74) is 0.268. The van der Waals surface area contributed by atoms with Crippen LogP contribution in [0, 0.1) is 17.6 Å². The Balaban J connectivity index is 2.15. The molecule has 1 aliphatic carbocycles. The summed E-state index contributed by atoms with van der Waals surface area (Å²) in [6.45, 7) is 2.08. The molecule has 0 radical (unpaired) electrons. The first-order chi connectivity index (χ1) is 9.04. The SMILES string of the molecule is CCCC1CCC(c2ccc(O)c(F)c2F)CC1O. The minimum absolute atomic E-state index is 0.168. The van der Waals surface area contributed by atoms with Crippen LogP contribution in [0.5, 0.6) is 5.75 Å². The van der Waals surface area contributed by atoms with E-state index in [-0.39, 0.29) is 17.4 Å². The fraction of sp³-hybridized carbons (Fsp3) is 0.600. The van der Waals surface area contributed by atoms with Gasteiger partial charge in [0.25, 0.3) is 0 Å². The summed E-state index contributed by atoms with van der Waals surface area (Å²) < 4.78 is 27.2. The molecule has 0 amide bonds. The van der Waals surface area contributed by atoms with Gasteiger partial charge in [-0.3, -0.25) is 0 Å². The average Bonchev–Trinajstić information content (AvgIpc) is 2.39. The highest BCUT2D eigenvalue weighted by atomic mass is 19.2. The van der Waals surface area contributed by atoms with Crippen molar-refractivity contribution >= 4 is 0 Å². The van der Waals surface area contributed by atoms with Gasteiger partial charge in [0.05, 0.1) is 6.10 Å². The third-order valence-electron chi connectivity index (χ3n) is 4.15. The van der Waals surface area contributed by atoms with Crippen LogP contribution < -0.4 is 0 Å². The molecule has 1 aromatic carbocycles. The molecule has 0 heterocycles. The Morgan fingerprint density at radius 2 is 1.95 bits per heavy atom. The van der Waals surface area contributed by atoms with Crippen molar-refractivity contribution in [2.45, 2.75) is 51.0 Å². The van der Waals surface area contributed by atoms with Crippen LogP contribution in [0.25, 0.3) is 0 Å². The van der Waals surface area contributed by atoms with Crippen molar-refractivity contribution < 1.29 is 19.0 Å². The smallest absolute Gasteiger partial charge is 0.200 e. The fourth-order valence-electron chi connectivity index (χ4n) is 3.07. The van der Waals surface area contributed by atoms with E-state index in [4.69, 9.17) is 5.11 Å². The molecule has 2 N–H and O–H groups in total. The Hall–Kier alpha value is -1.16. The summed E-state index contributed by atoms with van der Waals surface area (Å²) >= 11 is 0. The number of halogens is 2. The van der Waals surface area contributed by atoms with Crippen LogP contribution in [-0.2, 0) is 0 Å². The van der Waals surface area contributed by atoms with Crippen LogP contribution in [0.3, 0.4) is 0 Å². The Morgan fingerprint density at radius 3 is 2.58 bits per heavy atom. The van der Waals surface area contributed by atoms with Gasteiger partial charge in [-0.15, -0.1) is 0 Å². The van der Waals surface area contributed by atoms with Gasteiger partial charge in [0.2, 0.25) is 5.82 Å². The second-order valence-corrected chi connectivity index (χ2v) is 5.43. The minimum Gasteiger partial charge on any atom is -0.505 e. The highest BCUT2D eigenvalue weighted by Gasteiger charge is 2.31. The van der Waals surface area contributed by atoms with Gasteiger partial charge in [-0.25, -0.2) is 4.39 Å². The first kappa shape index (κ1) is 14.3. The average molecular weight is 270 g/mol. The minimum atomic E-state index is -1.19. The number of phenols is 1. The summed E-state index contributed by atoms with van der Waals surface area (Å²) in [5.74, 6) is -2.74. The third kappa shape index (κ3) is 2.89. The van der Waals surface area contributed by atoms with Gasteiger partial charge in [0.1, 0.15) is 0 Å². The van der Waals surface area contributed by atoms with Gasteiger partial charge in [-0.1, -0.05) is 19.4 Å². The molecule has 19 heavy (non-hydrogen) atoms. The fourth-order valence-corrected chi connectivity index (χ4v) is 3.07. The van der Waals surface area contributed by atoms with Crippen molar-refractivity contribution in [1.82, 2.24) is 0 Å². The van der Waals surface area contributed by atoms with E-state index < -0.39 is 23.5 Å². The van der Waals surface area contributed by atoms with Crippen LogP contribution in [0.1, 0.15) is 50.5 Å². The maximum Gasteiger partial charge on any atom is 0.200 e. The van der Waals surface area contributed by atoms with Gasteiger partial charge >= 0.3 is 0 Å². The van der Waals surface area contributed by atoms with Gasteiger partial charge in [0.15, 0.2) is 11.6 Å². The van der Waals surface area contributed by atoms with Gasteiger partial charge < -0.3 is 10.2 Å². The van der Waals surface area contributed by atoms with Crippen LogP contribution in [0.15, 0.2) is 12.1 Å². The molecule has 4 heteroatoms. The van der Waals surface area contributed by atoms with E-state index in [0.717, 1.165) is 25.7 Å². The van der Waals surface area contributed by atoms with Crippen LogP contribution >= 0.6 is 0 Å². The highest BCUT2D eigenvalue weighted by Crippen LogP contribution is 2.39. The predicted molar refractivity (Wildman–Crippen MR) is 69.0 cm³/mol. The lowest BCUT2D eigenvalue weighted by atomic mass is 9.75. The van der Waals surface area contributed by atoms with E-state index in [1.807, 2.05) is 0 Å². The van der Waals surface area contributed by atoms with Gasteiger partial charge in [0, 0.05) is 0 Å². The number of phenolic OH excluding ortho intramolecular Hbond substituents is 1. The second kappa shape index (κ2) is 5.87. The topological polar surface area (TPSA) is 40.5 Å². The van der Waals surface area contributed by atoms with E-state index in [1.54, 1.807) is 0 Å². The summed E-state index contributed by atoms with van der Waals surface area (Å²) in [7, 11) is 0. The van der Waals surface area contributed by atoms with Crippen LogP contribution in [0.2, 0.25) is 0 Å². The van der Waals surface area contributed by atoms with E-state index in [0.29, 0.717) is 6.42 Å². The summed E-state index contributed by atoms with van der Waals surface area (Å²) in [4.78, 5) is 0. The molecule has 3 unspecified atom stereocenters. The molecule has 106 valence electrons. The molecular formula is C15H20F2O2. The van der Waals surface area contributed by atoms with Crippen molar-refractivity contribution in [3.8, 4) is 5.75 Å². The normalized spacial score (nSPS) is 27.5. The molecular weight excluding hydrogens is 250 g/mol. The molecule has 1 aromatic rings. The lowest BCUT2D eigenvalue weighted by molar-refractivity contribution is 0.0550. The first-order valence-corrected chi connectivity index (χ1v) is 6.89. The molecule has 1 saturated carbocycles. The summed E-state index contributed by atoms with van der Waals surface area (Å²) in [6, 6.07) is 2.60. The van der Waals surface area contributed by atoms with Gasteiger partial charge in [-0.2, -0.15) is 4.39 Å². The number of aromatic hydroxyl groups is 1. The largest absolute Gasteiger partial charge is 0.505 e. The molecule has 0 aromatic heterocycles. The summed E-state index contributed by atoms with van der Waals surface area (Å²) in [5, 5.41) is 19.2. The number of benzene rings is 1. The first-order valence-electron chi connectivity index (χ1n) is 6.89. The third-order valence-corrected chi connectivity index (χ3v) is 4.15. The van der Waals surface area contributed by atoms with Crippen molar-refractivity contribution in [1.29, 1.82) is 0 Å². The van der Waals surface area contributed by atoms with E-state index in [2.05, 4.69) is 6.92 Å². The predicted octanol–water partition coefficient (Wildman–Crippen LogP) is 3.72. The Labute approximate surface area is 112 Å². The van der Waals surface area contributed by atoms with E-state index in [9.17, 15) is 13.9 Å². The number of hydrogen-bond donors (Lipinski definition) is 2. The Bertz CT molecular complexity index is 448. The summed E-state index contributed by atoms with van der Waals surface area (Å²) in [6.07, 6.45) is 3.60. The number of aliphatic hydroxyl groups is 1. The molecule has 0 aliphatic heterocycles. The maximum absolute atomic E-state index is 13.8. The Kier molecular flexibility index (Phi) is 4.40. The monoisotopic (exact) mass is 270 g/mol. The maximum atomic E-state index is 13.8. The zero-order valence-corrected chi connectivity index (χ0v) is 11.1. The molecule has 2 nitrogen and oxygen atoms in total. The highest BCUT2D eigenvalue weighted by molar-refractivity contribution is 5.32. The van der Waals surface area contributed by atoms with Crippen LogP contribution in [-0.4, -0.2) is 16.3 Å². The second-order valence-electron chi connectivity index (χ2n) is 5.43. The molecule has 3 atom stereocenters. The number of hydrogen-bond acceptors (Lipinski definition) is 2. The quantitative estimate of drug-likeness (QED) is 0.879. The lowest BCUT2D eigenvalue weighted by Crippen LogP contribution is -2.28.